The van der Waals surface area contributed by atoms with E-state index in [0.717, 1.165) is 17.1 Å². The van der Waals surface area contributed by atoms with Gasteiger partial charge >= 0.3 is 0 Å². The van der Waals surface area contributed by atoms with E-state index in [1.165, 1.54) is 33.4 Å². The fourth-order valence-electron chi connectivity index (χ4n) is 4.15. The molecule has 0 fully saturated rings. The van der Waals surface area contributed by atoms with Crippen molar-refractivity contribution in [3.05, 3.63) is 163 Å². The van der Waals surface area contributed by atoms with E-state index < -0.39 is 0 Å². The summed E-state index contributed by atoms with van der Waals surface area (Å²) in [7, 11) is 0. The maximum absolute atomic E-state index is 4.35. The summed E-state index contributed by atoms with van der Waals surface area (Å²) in [4.78, 5) is 13.0. The molecule has 0 saturated carbocycles. The quantitative estimate of drug-likeness (QED) is 0.188. The molecule has 3 nitrogen and oxygen atoms in total. The van der Waals surface area contributed by atoms with Crippen LogP contribution in [0.1, 0.15) is 16.7 Å². The van der Waals surface area contributed by atoms with Gasteiger partial charge in [0.25, 0.3) is 0 Å². The molecule has 0 radical (unpaired) electrons. The summed E-state index contributed by atoms with van der Waals surface area (Å²) in [6.07, 6.45) is 5.49. The minimum atomic E-state index is 0. The van der Waals surface area contributed by atoms with Crippen LogP contribution in [0.25, 0.3) is 33.8 Å². The van der Waals surface area contributed by atoms with Crippen molar-refractivity contribution < 1.29 is 19.5 Å². The van der Waals surface area contributed by atoms with Gasteiger partial charge in [0, 0.05) is 54.8 Å². The standard InChI is InChI=1S/3C12H11N.Ru/c3*1-10-6-5-9-13-12(10)11-7-3-2-4-8-11;/h3*2-9H,1H3;. The van der Waals surface area contributed by atoms with Gasteiger partial charge < -0.3 is 0 Å². The van der Waals surface area contributed by atoms with Crippen LogP contribution < -0.4 is 0 Å². The van der Waals surface area contributed by atoms with E-state index in [0.29, 0.717) is 0 Å². The number of rotatable bonds is 3. The third kappa shape index (κ3) is 8.63. The van der Waals surface area contributed by atoms with Gasteiger partial charge in [-0.1, -0.05) is 109 Å². The van der Waals surface area contributed by atoms with Crippen molar-refractivity contribution in [1.29, 1.82) is 0 Å². The first kappa shape index (κ1) is 30.3. The molecule has 6 aromatic rings. The molecule has 0 amide bonds. The monoisotopic (exact) mass is 609 g/mol. The topological polar surface area (TPSA) is 38.7 Å². The van der Waals surface area contributed by atoms with Crippen LogP contribution in [0.2, 0.25) is 0 Å². The molecule has 0 spiro atoms. The molecule has 4 heteroatoms. The van der Waals surface area contributed by atoms with Crippen LogP contribution in [0.4, 0.5) is 0 Å². The summed E-state index contributed by atoms with van der Waals surface area (Å²) < 4.78 is 0. The molecule has 6 rings (SSSR count). The van der Waals surface area contributed by atoms with Crippen molar-refractivity contribution >= 4 is 0 Å². The van der Waals surface area contributed by atoms with Crippen LogP contribution in [0.15, 0.2) is 146 Å². The largest absolute Gasteiger partial charge is 0.256 e. The van der Waals surface area contributed by atoms with Crippen molar-refractivity contribution in [3.63, 3.8) is 0 Å². The average Bonchev–Trinajstić information content (AvgIpc) is 3.00. The molecule has 0 aliphatic heterocycles. The predicted octanol–water partition coefficient (Wildman–Crippen LogP) is 9.17. The van der Waals surface area contributed by atoms with Crippen LogP contribution in [-0.2, 0) is 19.5 Å². The van der Waals surface area contributed by atoms with Gasteiger partial charge in [0.05, 0.1) is 17.1 Å². The molecule has 0 atom stereocenters. The van der Waals surface area contributed by atoms with E-state index in [2.05, 4.69) is 90.3 Å². The number of pyridine rings is 3. The van der Waals surface area contributed by atoms with Gasteiger partial charge in [0.2, 0.25) is 0 Å². The first-order chi connectivity index (χ1) is 19.1. The fraction of sp³-hybridized carbons (Fsp3) is 0.0833. The van der Waals surface area contributed by atoms with E-state index in [4.69, 9.17) is 0 Å². The normalized spacial score (nSPS) is 9.68. The van der Waals surface area contributed by atoms with Gasteiger partial charge in [-0.15, -0.1) is 0 Å². The van der Waals surface area contributed by atoms with Crippen LogP contribution in [0.5, 0.6) is 0 Å². The maximum atomic E-state index is 4.35. The third-order valence-electron chi connectivity index (χ3n) is 6.17. The van der Waals surface area contributed by atoms with Crippen molar-refractivity contribution in [2.75, 3.05) is 0 Å². The van der Waals surface area contributed by atoms with E-state index >= 15 is 0 Å². The van der Waals surface area contributed by atoms with Gasteiger partial charge in [-0.25, -0.2) is 0 Å². The van der Waals surface area contributed by atoms with Gasteiger partial charge in [-0.2, -0.15) is 0 Å². The predicted molar refractivity (Wildman–Crippen MR) is 163 cm³/mol. The molecule has 0 N–H and O–H groups in total. The molecule has 3 heterocycles. The molecule has 0 aliphatic carbocycles. The number of benzene rings is 3. The second-order valence-corrected chi connectivity index (χ2v) is 9.10. The average molecular weight is 609 g/mol. The molecule has 0 unspecified atom stereocenters. The molecule has 3 aromatic carbocycles. The van der Waals surface area contributed by atoms with Gasteiger partial charge in [0.15, 0.2) is 0 Å². The molecule has 3 aromatic heterocycles. The Morgan fingerprint density at radius 1 is 0.325 bits per heavy atom. The van der Waals surface area contributed by atoms with Gasteiger partial charge in [0.1, 0.15) is 0 Å². The van der Waals surface area contributed by atoms with E-state index in [1.54, 1.807) is 0 Å². The smallest absolute Gasteiger partial charge is 0.0731 e. The molecule has 200 valence electrons. The van der Waals surface area contributed by atoms with Gasteiger partial charge in [-0.05, 0) is 55.7 Å². The summed E-state index contributed by atoms with van der Waals surface area (Å²) in [5.41, 5.74) is 10.4. The molecule has 0 saturated heterocycles. The number of hydrogen-bond acceptors (Lipinski definition) is 3. The first-order valence-corrected chi connectivity index (χ1v) is 13.0. The zero-order valence-corrected chi connectivity index (χ0v) is 24.8. The summed E-state index contributed by atoms with van der Waals surface area (Å²) >= 11 is 0. The Morgan fingerprint density at radius 3 is 0.800 bits per heavy atom. The molecular formula is C36H33N3Ru. The van der Waals surface area contributed by atoms with E-state index in [1.807, 2.05) is 91.4 Å². The molecule has 40 heavy (non-hydrogen) atoms. The van der Waals surface area contributed by atoms with E-state index in [-0.39, 0.29) is 19.5 Å². The second-order valence-electron chi connectivity index (χ2n) is 9.10. The van der Waals surface area contributed by atoms with Crippen molar-refractivity contribution in [3.8, 4) is 33.8 Å². The molecule has 0 bridgehead atoms. The third-order valence-corrected chi connectivity index (χ3v) is 6.17. The van der Waals surface area contributed by atoms with Gasteiger partial charge in [-0.3, -0.25) is 15.0 Å². The number of aryl methyl sites for hydroxylation is 3. The summed E-state index contributed by atoms with van der Waals surface area (Å²) in [5, 5.41) is 0. The summed E-state index contributed by atoms with van der Waals surface area (Å²) in [5.74, 6) is 0. The minimum Gasteiger partial charge on any atom is -0.256 e. The molecular weight excluding hydrogens is 575 g/mol. The Hall–Kier alpha value is -4.27. The Kier molecular flexibility index (Phi) is 12.1. The zero-order chi connectivity index (χ0) is 27.3. The number of aromatic nitrogens is 3. The first-order valence-electron chi connectivity index (χ1n) is 13.0. The Balaban J connectivity index is 0.000000163. The Bertz CT molecular complexity index is 1380. The summed E-state index contributed by atoms with van der Waals surface area (Å²) in [6.45, 7) is 6.24. The van der Waals surface area contributed by atoms with Crippen LogP contribution in [0.3, 0.4) is 0 Å². The Morgan fingerprint density at radius 2 is 0.575 bits per heavy atom. The number of hydrogen-bond donors (Lipinski definition) is 0. The van der Waals surface area contributed by atoms with Crippen molar-refractivity contribution in [1.82, 2.24) is 15.0 Å². The SMILES string of the molecule is Cc1cccnc1-c1ccccc1.Cc1cccnc1-c1ccccc1.Cc1cccnc1-c1ccccc1.[Ru]. The fourth-order valence-corrected chi connectivity index (χ4v) is 4.15. The maximum Gasteiger partial charge on any atom is 0.0731 e. The van der Waals surface area contributed by atoms with Crippen LogP contribution in [-0.4, -0.2) is 15.0 Å². The van der Waals surface area contributed by atoms with Crippen LogP contribution in [0, 0.1) is 20.8 Å². The Labute approximate surface area is 250 Å². The summed E-state index contributed by atoms with van der Waals surface area (Å²) in [6, 6.07) is 42.8. The zero-order valence-electron chi connectivity index (χ0n) is 23.1. The minimum absolute atomic E-state index is 0. The van der Waals surface area contributed by atoms with Crippen molar-refractivity contribution in [2.24, 2.45) is 0 Å². The second kappa shape index (κ2) is 16.0. The number of nitrogens with zero attached hydrogens (tertiary/aromatic N) is 3. The van der Waals surface area contributed by atoms with E-state index in [9.17, 15) is 0 Å². The van der Waals surface area contributed by atoms with Crippen molar-refractivity contribution in [2.45, 2.75) is 20.8 Å². The molecule has 0 aliphatic rings. The van der Waals surface area contributed by atoms with Crippen LogP contribution >= 0.6 is 0 Å².